The number of unbranched alkanes of at least 4 members (excludes halogenated alkanes) is 5. The van der Waals surface area contributed by atoms with E-state index in [2.05, 4.69) is 12.2 Å². The fourth-order valence-electron chi connectivity index (χ4n) is 3.21. The number of aliphatic carboxylic acids is 1. The molecule has 0 bridgehead atoms. The molecule has 0 amide bonds. The van der Waals surface area contributed by atoms with Crippen LogP contribution in [0, 0.1) is 0 Å². The van der Waals surface area contributed by atoms with E-state index in [-0.39, 0.29) is 12.2 Å². The second-order valence-electron chi connectivity index (χ2n) is 7.18. The van der Waals surface area contributed by atoms with Gasteiger partial charge in [0.2, 0.25) is 0 Å². The minimum Gasteiger partial charge on any atom is -0.480 e. The van der Waals surface area contributed by atoms with Gasteiger partial charge in [0, 0.05) is 12.0 Å². The zero-order chi connectivity index (χ0) is 20.2. The monoisotopic (exact) mass is 381 g/mol. The van der Waals surface area contributed by atoms with E-state index in [1.165, 1.54) is 25.7 Å². The number of carboxylic acid groups (broad SMARTS) is 1. The summed E-state index contributed by atoms with van der Waals surface area (Å²) in [7, 11) is 0. The third-order valence-corrected chi connectivity index (χ3v) is 4.92. The Bertz CT molecular complexity index is 725. The first-order valence-electron chi connectivity index (χ1n) is 10.3. The van der Waals surface area contributed by atoms with Gasteiger partial charge in [-0.05, 0) is 24.1 Å². The highest BCUT2D eigenvalue weighted by Crippen LogP contribution is 2.20. The maximum Gasteiger partial charge on any atom is 0.321 e. The van der Waals surface area contributed by atoms with Crippen molar-refractivity contribution in [3.63, 3.8) is 0 Å². The quantitative estimate of drug-likeness (QED) is 0.363. The Morgan fingerprint density at radius 2 is 1.46 bits per heavy atom. The molecule has 1 atom stereocenters. The van der Waals surface area contributed by atoms with Gasteiger partial charge in [0.15, 0.2) is 5.78 Å². The first kappa shape index (κ1) is 21.8. The zero-order valence-electron chi connectivity index (χ0n) is 16.7. The molecular weight excluding hydrogens is 350 g/mol. The molecule has 28 heavy (non-hydrogen) atoms. The molecule has 0 aliphatic heterocycles. The predicted molar refractivity (Wildman–Crippen MR) is 114 cm³/mol. The molecule has 0 fully saturated rings. The normalized spacial score (nSPS) is 11.9. The average Bonchev–Trinajstić information content (AvgIpc) is 2.72. The Balaban J connectivity index is 1.83. The molecule has 150 valence electrons. The molecule has 0 saturated heterocycles. The summed E-state index contributed by atoms with van der Waals surface area (Å²) in [6, 6.07) is 16.5. The number of carbonyl (C=O) groups is 2. The number of hydrogen-bond donors (Lipinski definition) is 2. The number of carbonyl (C=O) groups excluding carboxylic acids is 1. The summed E-state index contributed by atoms with van der Waals surface area (Å²) in [5.74, 6) is -1.12. The van der Waals surface area contributed by atoms with Crippen LogP contribution in [0.1, 0.15) is 62.2 Å². The maximum absolute atomic E-state index is 12.5. The van der Waals surface area contributed by atoms with Gasteiger partial charge < -0.3 is 10.4 Å². The lowest BCUT2D eigenvalue weighted by atomic mass is 9.99. The third-order valence-electron chi connectivity index (χ3n) is 4.92. The molecule has 2 rings (SSSR count). The van der Waals surface area contributed by atoms with Crippen LogP contribution in [0.3, 0.4) is 0 Å². The Hall–Kier alpha value is -2.46. The molecular formula is C24H31NO3. The summed E-state index contributed by atoms with van der Waals surface area (Å²) in [5.41, 5.74) is 2.67. The molecule has 0 radical (unpaired) electrons. The summed E-state index contributed by atoms with van der Waals surface area (Å²) in [5, 5.41) is 12.4. The van der Waals surface area contributed by atoms with Gasteiger partial charge in [-0.1, -0.05) is 93.6 Å². The first-order chi connectivity index (χ1) is 13.6. The van der Waals surface area contributed by atoms with Crippen LogP contribution >= 0.6 is 0 Å². The molecule has 0 heterocycles. The minimum absolute atomic E-state index is 0.0319. The highest BCUT2D eigenvalue weighted by atomic mass is 16.4. The second-order valence-corrected chi connectivity index (χ2v) is 7.18. The van der Waals surface area contributed by atoms with Crippen molar-refractivity contribution in [2.45, 2.75) is 57.9 Å². The molecule has 2 aromatic rings. The molecule has 0 spiro atoms. The summed E-state index contributed by atoms with van der Waals surface area (Å²) >= 11 is 0. The van der Waals surface area contributed by atoms with Gasteiger partial charge in [-0.3, -0.25) is 9.59 Å². The Morgan fingerprint density at radius 3 is 2.11 bits per heavy atom. The Kier molecular flexibility index (Phi) is 9.43. The lowest BCUT2D eigenvalue weighted by Gasteiger charge is -2.14. The van der Waals surface area contributed by atoms with E-state index in [0.29, 0.717) is 12.1 Å². The van der Waals surface area contributed by atoms with Crippen molar-refractivity contribution in [1.82, 2.24) is 5.32 Å². The largest absolute Gasteiger partial charge is 0.480 e. The lowest BCUT2D eigenvalue weighted by Crippen LogP contribution is -2.39. The van der Waals surface area contributed by atoms with E-state index in [1.54, 1.807) is 12.1 Å². The topological polar surface area (TPSA) is 66.4 Å². The fourth-order valence-corrected chi connectivity index (χ4v) is 3.21. The first-order valence-corrected chi connectivity index (χ1v) is 10.3. The molecule has 0 aromatic heterocycles. The van der Waals surface area contributed by atoms with Crippen LogP contribution in [-0.2, 0) is 4.79 Å². The van der Waals surface area contributed by atoms with E-state index in [4.69, 9.17) is 0 Å². The molecule has 1 unspecified atom stereocenters. The van der Waals surface area contributed by atoms with Gasteiger partial charge in [-0.15, -0.1) is 0 Å². The summed E-state index contributed by atoms with van der Waals surface area (Å²) in [6.45, 7) is 2.81. The lowest BCUT2D eigenvalue weighted by molar-refractivity contribution is -0.139. The molecule has 2 aromatic carbocycles. The average molecular weight is 382 g/mol. The molecule has 2 N–H and O–H groups in total. The number of ketones is 1. The molecule has 0 aliphatic rings. The van der Waals surface area contributed by atoms with Gasteiger partial charge in [-0.25, -0.2) is 0 Å². The van der Waals surface area contributed by atoms with Gasteiger partial charge >= 0.3 is 5.97 Å². The van der Waals surface area contributed by atoms with Crippen molar-refractivity contribution < 1.29 is 14.7 Å². The summed E-state index contributed by atoms with van der Waals surface area (Å²) < 4.78 is 0. The maximum atomic E-state index is 12.5. The van der Waals surface area contributed by atoms with E-state index >= 15 is 0 Å². The smallest absolute Gasteiger partial charge is 0.321 e. The summed E-state index contributed by atoms with van der Waals surface area (Å²) in [6.07, 6.45) is 6.88. The number of nitrogens with one attached hydrogen (secondary N) is 1. The standard InChI is InChI=1S/C24H31NO3/c1-2-3-4-5-6-10-17-25-22(24(27)28)18-23(26)21-15-13-20(14-16-21)19-11-8-7-9-12-19/h7-9,11-16,22,25H,2-6,10,17-18H2,1H3,(H,27,28). The van der Waals surface area contributed by atoms with Crippen LogP contribution in [0.5, 0.6) is 0 Å². The van der Waals surface area contributed by atoms with Crippen molar-refractivity contribution in [1.29, 1.82) is 0 Å². The van der Waals surface area contributed by atoms with Crippen LogP contribution < -0.4 is 5.32 Å². The molecule has 4 heteroatoms. The van der Waals surface area contributed by atoms with E-state index in [1.807, 2.05) is 42.5 Å². The van der Waals surface area contributed by atoms with Gasteiger partial charge in [-0.2, -0.15) is 0 Å². The van der Waals surface area contributed by atoms with E-state index in [0.717, 1.165) is 24.0 Å². The number of hydrogen-bond acceptors (Lipinski definition) is 3. The van der Waals surface area contributed by atoms with Crippen molar-refractivity contribution in [2.24, 2.45) is 0 Å². The van der Waals surface area contributed by atoms with Gasteiger partial charge in [0.05, 0.1) is 0 Å². The van der Waals surface area contributed by atoms with Crippen LogP contribution in [0.25, 0.3) is 11.1 Å². The van der Waals surface area contributed by atoms with Gasteiger partial charge in [0.25, 0.3) is 0 Å². The molecule has 4 nitrogen and oxygen atoms in total. The highest BCUT2D eigenvalue weighted by molar-refractivity contribution is 5.99. The minimum atomic E-state index is -0.972. The SMILES string of the molecule is CCCCCCCCNC(CC(=O)c1ccc(-c2ccccc2)cc1)C(=O)O. The zero-order valence-corrected chi connectivity index (χ0v) is 16.7. The second kappa shape index (κ2) is 12.1. The molecule has 0 aliphatic carbocycles. The predicted octanol–water partition coefficient (Wildman–Crippen LogP) is 5.33. The van der Waals surface area contributed by atoms with Crippen molar-refractivity contribution in [3.8, 4) is 11.1 Å². The number of benzene rings is 2. The van der Waals surface area contributed by atoms with Crippen LogP contribution in [0.15, 0.2) is 54.6 Å². The number of Topliss-reactive ketones (excluding diaryl/α,β-unsaturated/α-hetero) is 1. The van der Waals surface area contributed by atoms with Crippen LogP contribution in [0.2, 0.25) is 0 Å². The summed E-state index contributed by atoms with van der Waals surface area (Å²) in [4.78, 5) is 24.0. The van der Waals surface area contributed by atoms with Crippen LogP contribution in [0.4, 0.5) is 0 Å². The fraction of sp³-hybridized carbons (Fsp3) is 0.417. The molecule has 0 saturated carbocycles. The van der Waals surface area contributed by atoms with Crippen molar-refractivity contribution >= 4 is 11.8 Å². The van der Waals surface area contributed by atoms with Gasteiger partial charge in [0.1, 0.15) is 6.04 Å². The number of rotatable bonds is 13. The van der Waals surface area contributed by atoms with Crippen molar-refractivity contribution in [3.05, 3.63) is 60.2 Å². The third kappa shape index (κ3) is 7.28. The Labute approximate surface area is 168 Å². The van der Waals surface area contributed by atoms with E-state index < -0.39 is 12.0 Å². The highest BCUT2D eigenvalue weighted by Gasteiger charge is 2.21. The van der Waals surface area contributed by atoms with E-state index in [9.17, 15) is 14.7 Å². The number of carboxylic acids is 1. The Morgan fingerprint density at radius 1 is 0.857 bits per heavy atom. The van der Waals surface area contributed by atoms with Crippen molar-refractivity contribution in [2.75, 3.05) is 6.54 Å². The van der Waals surface area contributed by atoms with Crippen LogP contribution in [-0.4, -0.2) is 29.4 Å².